The highest BCUT2D eigenvalue weighted by Gasteiger charge is 2.30. The van der Waals surface area contributed by atoms with Crippen LogP contribution in [0.25, 0.3) is 5.76 Å². The number of rotatable bonds is 3. The van der Waals surface area contributed by atoms with Crippen molar-refractivity contribution in [3.63, 3.8) is 0 Å². The summed E-state index contributed by atoms with van der Waals surface area (Å²) in [6.07, 6.45) is 0. The number of carbonyl (C=O) groups is 1. The Balaban J connectivity index is 1.98. The molecule has 0 unspecified atom stereocenters. The predicted octanol–water partition coefficient (Wildman–Crippen LogP) is 3.95. The third kappa shape index (κ3) is 2.29. The van der Waals surface area contributed by atoms with Gasteiger partial charge in [0.2, 0.25) is 0 Å². The topological polar surface area (TPSA) is 58.9 Å². The van der Waals surface area contributed by atoms with Gasteiger partial charge in [-0.2, -0.15) is 0 Å². The van der Waals surface area contributed by atoms with Crippen LogP contribution in [0.15, 0.2) is 59.1 Å². The molecule has 0 saturated heterocycles. The fraction of sp³-hybridized carbons (Fsp3) is 0.111. The van der Waals surface area contributed by atoms with E-state index in [1.54, 1.807) is 62.6 Å². The van der Waals surface area contributed by atoms with Crippen molar-refractivity contribution >= 4 is 22.9 Å². The van der Waals surface area contributed by atoms with Gasteiger partial charge in [0.15, 0.2) is 5.78 Å². The van der Waals surface area contributed by atoms with Gasteiger partial charge in [-0.05, 0) is 31.2 Å². The Labute approximate surface area is 128 Å². The predicted molar refractivity (Wildman–Crippen MR) is 86.1 cm³/mol. The SMILES string of the molecule is COc1ccc(N=C(C)C2=C(O)c3ccccc3C2=O)cc1. The average Bonchev–Trinajstić information content (AvgIpc) is 2.80. The molecule has 4 nitrogen and oxygen atoms in total. The highest BCUT2D eigenvalue weighted by atomic mass is 16.5. The molecule has 0 saturated carbocycles. The average molecular weight is 293 g/mol. The summed E-state index contributed by atoms with van der Waals surface area (Å²) in [6, 6.07) is 14.2. The number of ether oxygens (including phenoxy) is 1. The van der Waals surface area contributed by atoms with Crippen molar-refractivity contribution in [2.45, 2.75) is 6.92 Å². The van der Waals surface area contributed by atoms with Gasteiger partial charge in [0, 0.05) is 11.1 Å². The van der Waals surface area contributed by atoms with E-state index in [-0.39, 0.29) is 17.1 Å². The molecular formula is C18H15NO3. The van der Waals surface area contributed by atoms with E-state index < -0.39 is 0 Å². The van der Waals surface area contributed by atoms with Gasteiger partial charge < -0.3 is 9.84 Å². The molecule has 110 valence electrons. The minimum absolute atomic E-state index is 0.00429. The number of methoxy groups -OCH3 is 1. The summed E-state index contributed by atoms with van der Waals surface area (Å²) in [5.41, 5.74) is 2.52. The standard InChI is InChI=1S/C18H15NO3/c1-11(19-12-7-9-13(22-2)10-8-12)16-17(20)14-5-3-4-6-15(14)18(16)21/h3-10,20H,1-2H3. The fourth-order valence-corrected chi connectivity index (χ4v) is 2.51. The molecule has 0 heterocycles. The normalized spacial score (nSPS) is 14.3. The van der Waals surface area contributed by atoms with Crippen LogP contribution in [-0.4, -0.2) is 23.7 Å². The lowest BCUT2D eigenvalue weighted by Gasteiger charge is -2.03. The molecule has 0 atom stereocenters. The molecule has 1 aliphatic rings. The minimum atomic E-state index is -0.192. The Kier molecular flexibility index (Phi) is 3.51. The number of aliphatic imine (C=N–C) groups is 1. The summed E-state index contributed by atoms with van der Waals surface area (Å²) in [5, 5.41) is 10.3. The Morgan fingerprint density at radius 2 is 1.68 bits per heavy atom. The molecule has 0 aliphatic heterocycles. The monoisotopic (exact) mass is 293 g/mol. The van der Waals surface area contributed by atoms with Gasteiger partial charge in [-0.15, -0.1) is 0 Å². The highest BCUT2D eigenvalue weighted by Crippen LogP contribution is 2.32. The molecule has 0 amide bonds. The lowest BCUT2D eigenvalue weighted by atomic mass is 10.1. The Morgan fingerprint density at radius 3 is 2.27 bits per heavy atom. The van der Waals surface area contributed by atoms with Gasteiger partial charge in [-0.25, -0.2) is 0 Å². The molecular weight excluding hydrogens is 278 g/mol. The van der Waals surface area contributed by atoms with Crippen LogP contribution in [-0.2, 0) is 0 Å². The summed E-state index contributed by atoms with van der Waals surface area (Å²) >= 11 is 0. The number of allylic oxidation sites excluding steroid dienone is 1. The molecule has 0 aromatic heterocycles. The van der Waals surface area contributed by atoms with Gasteiger partial charge in [0.05, 0.1) is 24.1 Å². The summed E-state index contributed by atoms with van der Waals surface area (Å²) < 4.78 is 5.10. The maximum absolute atomic E-state index is 12.4. The van der Waals surface area contributed by atoms with Gasteiger partial charge in [-0.3, -0.25) is 9.79 Å². The second kappa shape index (κ2) is 5.48. The number of hydrogen-bond acceptors (Lipinski definition) is 4. The van der Waals surface area contributed by atoms with Gasteiger partial charge in [-0.1, -0.05) is 24.3 Å². The number of hydrogen-bond donors (Lipinski definition) is 1. The molecule has 22 heavy (non-hydrogen) atoms. The quantitative estimate of drug-likeness (QED) is 0.872. The third-order valence-corrected chi connectivity index (χ3v) is 3.62. The summed E-state index contributed by atoms with van der Waals surface area (Å²) in [6.45, 7) is 1.72. The van der Waals surface area contributed by atoms with Crippen molar-refractivity contribution in [1.29, 1.82) is 0 Å². The Hall–Kier alpha value is -2.88. The minimum Gasteiger partial charge on any atom is -0.506 e. The first-order valence-electron chi connectivity index (χ1n) is 6.89. The highest BCUT2D eigenvalue weighted by molar-refractivity contribution is 6.35. The maximum atomic E-state index is 12.4. The first-order valence-corrected chi connectivity index (χ1v) is 6.89. The zero-order valence-electron chi connectivity index (χ0n) is 12.3. The smallest absolute Gasteiger partial charge is 0.199 e. The maximum Gasteiger partial charge on any atom is 0.199 e. The summed E-state index contributed by atoms with van der Waals surface area (Å²) in [7, 11) is 1.60. The molecule has 4 heteroatoms. The zero-order chi connectivity index (χ0) is 15.7. The van der Waals surface area contributed by atoms with E-state index in [0.717, 1.165) is 5.75 Å². The van der Waals surface area contributed by atoms with E-state index in [1.807, 2.05) is 0 Å². The van der Waals surface area contributed by atoms with Gasteiger partial charge in [0.1, 0.15) is 11.5 Å². The summed E-state index contributed by atoms with van der Waals surface area (Å²) in [5.74, 6) is 0.543. The van der Waals surface area contributed by atoms with Crippen LogP contribution >= 0.6 is 0 Å². The van der Waals surface area contributed by atoms with Crippen LogP contribution in [0.2, 0.25) is 0 Å². The van der Waals surface area contributed by atoms with E-state index in [4.69, 9.17) is 4.74 Å². The van der Waals surface area contributed by atoms with Crippen LogP contribution in [0, 0.1) is 0 Å². The second-order valence-electron chi connectivity index (χ2n) is 4.99. The van der Waals surface area contributed by atoms with E-state index in [2.05, 4.69) is 4.99 Å². The molecule has 0 bridgehead atoms. The molecule has 0 radical (unpaired) electrons. The fourth-order valence-electron chi connectivity index (χ4n) is 2.51. The van der Waals surface area contributed by atoms with Gasteiger partial charge in [0.25, 0.3) is 0 Å². The van der Waals surface area contributed by atoms with E-state index >= 15 is 0 Å². The largest absolute Gasteiger partial charge is 0.506 e. The van der Waals surface area contributed by atoms with Crippen molar-refractivity contribution in [3.8, 4) is 5.75 Å². The second-order valence-corrected chi connectivity index (χ2v) is 4.99. The number of carbonyl (C=O) groups excluding carboxylic acids is 1. The van der Waals surface area contributed by atoms with Gasteiger partial charge >= 0.3 is 0 Å². The number of benzene rings is 2. The number of Topliss-reactive ketones (excluding diaryl/α,β-unsaturated/α-hetero) is 1. The molecule has 0 spiro atoms. The third-order valence-electron chi connectivity index (χ3n) is 3.62. The Morgan fingerprint density at radius 1 is 1.05 bits per heavy atom. The first kappa shape index (κ1) is 14.1. The summed E-state index contributed by atoms with van der Waals surface area (Å²) in [4.78, 5) is 16.8. The van der Waals surface area contributed by atoms with Crippen LogP contribution in [0.3, 0.4) is 0 Å². The van der Waals surface area contributed by atoms with E-state index in [1.165, 1.54) is 0 Å². The van der Waals surface area contributed by atoms with Crippen molar-refractivity contribution in [2.24, 2.45) is 4.99 Å². The van der Waals surface area contributed by atoms with Crippen molar-refractivity contribution in [1.82, 2.24) is 0 Å². The van der Waals surface area contributed by atoms with Crippen molar-refractivity contribution in [2.75, 3.05) is 7.11 Å². The molecule has 1 N–H and O–H groups in total. The number of fused-ring (bicyclic) bond motifs is 1. The number of nitrogens with zero attached hydrogens (tertiary/aromatic N) is 1. The number of ketones is 1. The molecule has 0 fully saturated rings. The zero-order valence-corrected chi connectivity index (χ0v) is 12.3. The molecule has 3 rings (SSSR count). The molecule has 1 aliphatic carbocycles. The molecule has 2 aromatic rings. The lowest BCUT2D eigenvalue weighted by molar-refractivity contribution is 0.104. The van der Waals surface area contributed by atoms with E-state index in [9.17, 15) is 9.90 Å². The van der Waals surface area contributed by atoms with Crippen LogP contribution in [0.5, 0.6) is 5.75 Å². The first-order chi connectivity index (χ1) is 10.6. The van der Waals surface area contributed by atoms with Crippen molar-refractivity contribution in [3.05, 3.63) is 65.2 Å². The van der Waals surface area contributed by atoms with Crippen LogP contribution in [0.1, 0.15) is 22.8 Å². The molecule has 2 aromatic carbocycles. The number of aliphatic hydroxyl groups excluding tert-OH is 1. The van der Waals surface area contributed by atoms with Crippen LogP contribution in [0.4, 0.5) is 5.69 Å². The van der Waals surface area contributed by atoms with E-state index in [0.29, 0.717) is 22.5 Å². The number of aliphatic hydroxyl groups is 1. The lowest BCUT2D eigenvalue weighted by Crippen LogP contribution is -2.07. The van der Waals surface area contributed by atoms with Crippen molar-refractivity contribution < 1.29 is 14.6 Å². The Bertz CT molecular complexity index is 801. The van der Waals surface area contributed by atoms with Crippen LogP contribution < -0.4 is 4.74 Å².